The zero-order chi connectivity index (χ0) is 22.3. The molecule has 0 radical (unpaired) electrons. The number of nitriles is 1. The standard InChI is InChI=1S/C26H22N4O2/c1-2-32-23-12-10-21(11-13-23)26(31)29-28-16-22-18-30(25-9-4-3-8-24(22)25)17-20-7-5-6-19(14-20)15-27/h3-14,16,18H,2,17H2,1H3,(H,29,31)/b28-16+. The Morgan fingerprint density at radius 2 is 1.94 bits per heavy atom. The molecule has 4 aromatic rings. The first-order valence-electron chi connectivity index (χ1n) is 10.3. The van der Waals surface area contributed by atoms with Crippen LogP contribution in [0.2, 0.25) is 0 Å². The number of fused-ring (bicyclic) bond motifs is 1. The number of amides is 1. The first-order chi connectivity index (χ1) is 15.7. The summed E-state index contributed by atoms with van der Waals surface area (Å²) < 4.78 is 7.51. The van der Waals surface area contributed by atoms with Crippen molar-refractivity contribution < 1.29 is 9.53 Å². The quantitative estimate of drug-likeness (QED) is 0.346. The normalized spacial score (nSPS) is 10.9. The summed E-state index contributed by atoms with van der Waals surface area (Å²) in [7, 11) is 0. The highest BCUT2D eigenvalue weighted by molar-refractivity contribution is 6.00. The molecule has 0 spiro atoms. The van der Waals surface area contributed by atoms with E-state index in [0.717, 1.165) is 27.8 Å². The van der Waals surface area contributed by atoms with Crippen molar-refractivity contribution in [2.24, 2.45) is 5.10 Å². The summed E-state index contributed by atoms with van der Waals surface area (Å²) in [5.41, 5.74) is 6.71. The van der Waals surface area contributed by atoms with E-state index in [2.05, 4.69) is 21.2 Å². The molecule has 4 rings (SSSR count). The maximum Gasteiger partial charge on any atom is 0.271 e. The minimum absolute atomic E-state index is 0.290. The molecule has 0 aliphatic carbocycles. The van der Waals surface area contributed by atoms with Gasteiger partial charge in [-0.2, -0.15) is 10.4 Å². The minimum atomic E-state index is -0.290. The van der Waals surface area contributed by atoms with E-state index in [0.29, 0.717) is 24.3 Å². The van der Waals surface area contributed by atoms with Gasteiger partial charge in [-0.05, 0) is 55.0 Å². The number of ether oxygens (including phenoxy) is 1. The summed E-state index contributed by atoms with van der Waals surface area (Å²) in [6.45, 7) is 3.12. The average molecular weight is 422 g/mol. The zero-order valence-corrected chi connectivity index (χ0v) is 17.7. The van der Waals surface area contributed by atoms with Crippen molar-refractivity contribution in [3.63, 3.8) is 0 Å². The fraction of sp³-hybridized carbons (Fsp3) is 0.115. The summed E-state index contributed by atoms with van der Waals surface area (Å²) in [6, 6.07) is 24.7. The van der Waals surface area contributed by atoms with E-state index in [1.807, 2.05) is 55.6 Å². The van der Waals surface area contributed by atoms with Crippen LogP contribution >= 0.6 is 0 Å². The number of aromatic nitrogens is 1. The number of carbonyl (C=O) groups excluding carboxylic acids is 1. The van der Waals surface area contributed by atoms with Gasteiger partial charge >= 0.3 is 0 Å². The van der Waals surface area contributed by atoms with E-state index in [1.54, 1.807) is 36.5 Å². The van der Waals surface area contributed by atoms with Gasteiger partial charge in [-0.1, -0.05) is 30.3 Å². The molecular weight excluding hydrogens is 400 g/mol. The van der Waals surface area contributed by atoms with Crippen LogP contribution in [0.3, 0.4) is 0 Å². The van der Waals surface area contributed by atoms with Crippen molar-refractivity contribution in [3.8, 4) is 11.8 Å². The maximum absolute atomic E-state index is 12.4. The number of carbonyl (C=O) groups is 1. The van der Waals surface area contributed by atoms with Crippen LogP contribution in [0.4, 0.5) is 0 Å². The fourth-order valence-electron chi connectivity index (χ4n) is 3.54. The summed E-state index contributed by atoms with van der Waals surface area (Å²) in [4.78, 5) is 12.4. The van der Waals surface area contributed by atoms with Gasteiger partial charge in [-0.3, -0.25) is 4.79 Å². The number of nitrogens with one attached hydrogen (secondary N) is 1. The minimum Gasteiger partial charge on any atom is -0.494 e. The van der Waals surface area contributed by atoms with Crippen LogP contribution in [0.1, 0.15) is 34.0 Å². The van der Waals surface area contributed by atoms with Crippen LogP contribution in [0.25, 0.3) is 10.9 Å². The van der Waals surface area contributed by atoms with Crippen molar-refractivity contribution in [1.29, 1.82) is 5.26 Å². The number of hydrogen-bond acceptors (Lipinski definition) is 4. The molecule has 1 aromatic heterocycles. The van der Waals surface area contributed by atoms with E-state index < -0.39 is 0 Å². The molecule has 0 saturated heterocycles. The Morgan fingerprint density at radius 1 is 1.12 bits per heavy atom. The number of nitrogens with zero attached hydrogens (tertiary/aromatic N) is 3. The Bertz CT molecular complexity index is 1310. The average Bonchev–Trinajstić information content (AvgIpc) is 3.17. The van der Waals surface area contributed by atoms with Crippen LogP contribution in [-0.2, 0) is 6.54 Å². The predicted octanol–water partition coefficient (Wildman–Crippen LogP) is 4.72. The van der Waals surface area contributed by atoms with Gasteiger partial charge in [0.25, 0.3) is 5.91 Å². The van der Waals surface area contributed by atoms with E-state index in [1.165, 1.54) is 0 Å². The third kappa shape index (κ3) is 4.68. The molecule has 0 unspecified atom stereocenters. The lowest BCUT2D eigenvalue weighted by Crippen LogP contribution is -2.17. The van der Waals surface area contributed by atoms with Gasteiger partial charge in [0.05, 0.1) is 24.5 Å². The molecule has 0 bridgehead atoms. The Labute approximate surface area is 186 Å². The van der Waals surface area contributed by atoms with E-state index >= 15 is 0 Å². The molecule has 0 aliphatic heterocycles. The van der Waals surface area contributed by atoms with Gasteiger partial charge < -0.3 is 9.30 Å². The van der Waals surface area contributed by atoms with Crippen molar-refractivity contribution >= 4 is 23.0 Å². The van der Waals surface area contributed by atoms with E-state index in [9.17, 15) is 4.79 Å². The molecule has 158 valence electrons. The molecule has 3 aromatic carbocycles. The molecule has 6 nitrogen and oxygen atoms in total. The van der Waals surface area contributed by atoms with E-state index in [-0.39, 0.29) is 5.91 Å². The van der Waals surface area contributed by atoms with Gasteiger partial charge in [0.2, 0.25) is 0 Å². The third-order valence-corrected chi connectivity index (χ3v) is 5.03. The lowest BCUT2D eigenvalue weighted by molar-refractivity contribution is 0.0955. The lowest BCUT2D eigenvalue weighted by Gasteiger charge is -2.05. The number of para-hydroxylation sites is 1. The smallest absolute Gasteiger partial charge is 0.271 e. The van der Waals surface area contributed by atoms with Crippen molar-refractivity contribution in [2.75, 3.05) is 6.61 Å². The largest absolute Gasteiger partial charge is 0.494 e. The number of rotatable bonds is 7. The second-order valence-electron chi connectivity index (χ2n) is 7.20. The van der Waals surface area contributed by atoms with Crippen LogP contribution in [0, 0.1) is 11.3 Å². The summed E-state index contributed by atoms with van der Waals surface area (Å²) >= 11 is 0. The van der Waals surface area contributed by atoms with Crippen molar-refractivity contribution in [3.05, 3.63) is 101 Å². The van der Waals surface area contributed by atoms with Crippen LogP contribution < -0.4 is 10.2 Å². The molecule has 6 heteroatoms. The van der Waals surface area contributed by atoms with Gasteiger partial charge in [0.15, 0.2) is 0 Å². The summed E-state index contributed by atoms with van der Waals surface area (Å²) in [5.74, 6) is 0.432. The molecule has 0 aliphatic rings. The van der Waals surface area contributed by atoms with Gasteiger partial charge in [-0.25, -0.2) is 5.43 Å². The fourth-order valence-corrected chi connectivity index (χ4v) is 3.54. The monoisotopic (exact) mass is 422 g/mol. The second-order valence-corrected chi connectivity index (χ2v) is 7.20. The Morgan fingerprint density at radius 3 is 2.72 bits per heavy atom. The topological polar surface area (TPSA) is 79.4 Å². The molecule has 32 heavy (non-hydrogen) atoms. The molecule has 1 N–H and O–H groups in total. The Kier molecular flexibility index (Phi) is 6.28. The number of hydrazone groups is 1. The highest BCUT2D eigenvalue weighted by Crippen LogP contribution is 2.21. The Hall–Kier alpha value is -4.37. The van der Waals surface area contributed by atoms with E-state index in [4.69, 9.17) is 10.00 Å². The lowest BCUT2D eigenvalue weighted by atomic mass is 10.1. The summed E-state index contributed by atoms with van der Waals surface area (Å²) in [5, 5.41) is 14.3. The SMILES string of the molecule is CCOc1ccc(C(=O)N/N=C/c2cn(Cc3cccc(C#N)c3)c3ccccc23)cc1. The molecule has 1 amide bonds. The molecule has 0 saturated carbocycles. The van der Waals surface area contributed by atoms with Crippen molar-refractivity contribution in [2.45, 2.75) is 13.5 Å². The molecule has 1 heterocycles. The van der Waals surface area contributed by atoms with Crippen LogP contribution in [0.5, 0.6) is 5.75 Å². The molecular formula is C26H22N4O2. The van der Waals surface area contributed by atoms with Gasteiger partial charge in [0, 0.05) is 34.8 Å². The number of benzene rings is 3. The first-order valence-corrected chi connectivity index (χ1v) is 10.3. The van der Waals surface area contributed by atoms with Gasteiger partial charge in [0.1, 0.15) is 5.75 Å². The second kappa shape index (κ2) is 9.63. The van der Waals surface area contributed by atoms with Crippen LogP contribution in [0.15, 0.2) is 84.1 Å². The van der Waals surface area contributed by atoms with Gasteiger partial charge in [-0.15, -0.1) is 0 Å². The Balaban J connectivity index is 1.52. The van der Waals surface area contributed by atoms with Crippen LogP contribution in [-0.4, -0.2) is 23.3 Å². The van der Waals surface area contributed by atoms with Crippen molar-refractivity contribution in [1.82, 2.24) is 9.99 Å². The molecule has 0 atom stereocenters. The summed E-state index contributed by atoms with van der Waals surface area (Å²) in [6.07, 6.45) is 3.65. The third-order valence-electron chi connectivity index (χ3n) is 5.03. The predicted molar refractivity (Wildman–Crippen MR) is 125 cm³/mol. The first kappa shape index (κ1) is 20.9. The zero-order valence-electron chi connectivity index (χ0n) is 17.7. The molecule has 0 fully saturated rings. The highest BCUT2D eigenvalue weighted by Gasteiger charge is 2.08. The highest BCUT2D eigenvalue weighted by atomic mass is 16.5. The maximum atomic E-state index is 12.4. The number of hydrogen-bond donors (Lipinski definition) is 1.